The van der Waals surface area contributed by atoms with Crippen molar-refractivity contribution in [2.24, 2.45) is 5.84 Å². The molecular weight excluding hydrogens is 290 g/mol. The van der Waals surface area contributed by atoms with Crippen LogP contribution in [0.25, 0.3) is 0 Å². The quantitative estimate of drug-likeness (QED) is 0.677. The minimum absolute atomic E-state index is 0.112. The Hall–Kier alpha value is -1.23. The second kappa shape index (κ2) is 5.61. The normalized spacial score (nSPS) is 12.4. The van der Waals surface area contributed by atoms with Crippen LogP contribution in [0.3, 0.4) is 0 Å². The fourth-order valence-electron chi connectivity index (χ4n) is 2.12. The molecule has 0 radical (unpaired) electrons. The van der Waals surface area contributed by atoms with Crippen molar-refractivity contribution in [1.82, 2.24) is 10.4 Å². The molecule has 1 heterocycles. The van der Waals surface area contributed by atoms with Crippen LogP contribution in [-0.4, -0.2) is 4.98 Å². The van der Waals surface area contributed by atoms with Crippen LogP contribution in [0.5, 0.6) is 0 Å². The van der Waals surface area contributed by atoms with E-state index < -0.39 is 0 Å². The Morgan fingerprint density at radius 1 is 1.22 bits per heavy atom. The first-order valence-electron chi connectivity index (χ1n) is 5.76. The summed E-state index contributed by atoms with van der Waals surface area (Å²) in [5.74, 6) is 5.70. The van der Waals surface area contributed by atoms with Crippen molar-refractivity contribution in [2.45, 2.75) is 19.9 Å². The Balaban J connectivity index is 2.48. The average molecular weight is 306 g/mol. The predicted octanol–water partition coefficient (Wildman–Crippen LogP) is 3.01. The van der Waals surface area contributed by atoms with Crippen LogP contribution >= 0.6 is 15.9 Å². The van der Waals surface area contributed by atoms with Crippen LogP contribution in [0.15, 0.2) is 41.0 Å². The number of aromatic nitrogens is 1. The summed E-state index contributed by atoms with van der Waals surface area (Å²) < 4.78 is 0.951. The lowest BCUT2D eigenvalue weighted by Crippen LogP contribution is -2.29. The van der Waals surface area contributed by atoms with Crippen molar-refractivity contribution in [3.8, 4) is 0 Å². The molecule has 2 aromatic rings. The van der Waals surface area contributed by atoms with Crippen molar-refractivity contribution < 1.29 is 0 Å². The van der Waals surface area contributed by atoms with Crippen LogP contribution in [0, 0.1) is 13.8 Å². The first kappa shape index (κ1) is 13.2. The van der Waals surface area contributed by atoms with Gasteiger partial charge in [-0.1, -0.05) is 29.3 Å². The minimum Gasteiger partial charge on any atom is -0.271 e. The molecule has 0 fully saturated rings. The van der Waals surface area contributed by atoms with Crippen molar-refractivity contribution in [2.75, 3.05) is 0 Å². The molecule has 3 N–H and O–H groups in total. The van der Waals surface area contributed by atoms with Gasteiger partial charge in [-0.3, -0.25) is 10.8 Å². The zero-order chi connectivity index (χ0) is 13.1. The molecule has 0 saturated heterocycles. The monoisotopic (exact) mass is 305 g/mol. The number of aryl methyl sites for hydroxylation is 2. The van der Waals surface area contributed by atoms with E-state index in [0.29, 0.717) is 0 Å². The predicted molar refractivity (Wildman–Crippen MR) is 77.0 cm³/mol. The summed E-state index contributed by atoms with van der Waals surface area (Å²) in [6, 6.07) is 10.1. The maximum atomic E-state index is 5.70. The smallest absolute Gasteiger partial charge is 0.0893 e. The number of benzene rings is 1. The van der Waals surface area contributed by atoms with Gasteiger partial charge in [0, 0.05) is 10.7 Å². The van der Waals surface area contributed by atoms with Gasteiger partial charge in [-0.25, -0.2) is 5.43 Å². The van der Waals surface area contributed by atoms with Gasteiger partial charge >= 0.3 is 0 Å². The molecule has 3 nitrogen and oxygen atoms in total. The summed E-state index contributed by atoms with van der Waals surface area (Å²) >= 11 is 3.51. The summed E-state index contributed by atoms with van der Waals surface area (Å²) in [5.41, 5.74) is 7.29. The van der Waals surface area contributed by atoms with Gasteiger partial charge in [0.15, 0.2) is 0 Å². The van der Waals surface area contributed by atoms with Gasteiger partial charge in [0.2, 0.25) is 0 Å². The fourth-order valence-corrected chi connectivity index (χ4v) is 2.60. The highest BCUT2D eigenvalue weighted by Gasteiger charge is 2.16. The number of nitrogens with two attached hydrogens (primary N) is 1. The van der Waals surface area contributed by atoms with Gasteiger partial charge in [-0.2, -0.15) is 0 Å². The highest BCUT2D eigenvalue weighted by molar-refractivity contribution is 9.10. The fraction of sp³-hybridized carbons (Fsp3) is 0.214. The van der Waals surface area contributed by atoms with Crippen LogP contribution in [0.4, 0.5) is 0 Å². The van der Waals surface area contributed by atoms with Crippen molar-refractivity contribution in [1.29, 1.82) is 0 Å². The molecule has 4 heteroatoms. The molecule has 1 atom stereocenters. The number of pyridine rings is 1. The SMILES string of the molecule is Cc1cc(C)cc(C(NN)c2ncccc2Br)c1. The molecule has 94 valence electrons. The second-order valence-corrected chi connectivity index (χ2v) is 5.25. The Bertz CT molecular complexity index is 534. The summed E-state index contributed by atoms with van der Waals surface area (Å²) in [4.78, 5) is 4.40. The Morgan fingerprint density at radius 2 is 1.89 bits per heavy atom. The molecule has 1 aromatic carbocycles. The molecule has 0 amide bonds. The molecular formula is C14H16BrN3. The Kier molecular flexibility index (Phi) is 4.11. The van der Waals surface area contributed by atoms with E-state index in [1.54, 1.807) is 6.20 Å². The maximum absolute atomic E-state index is 5.70. The molecule has 1 aromatic heterocycles. The van der Waals surface area contributed by atoms with E-state index in [2.05, 4.69) is 58.4 Å². The van der Waals surface area contributed by atoms with Crippen molar-refractivity contribution in [3.05, 3.63) is 63.4 Å². The molecule has 0 aliphatic carbocycles. The van der Waals surface area contributed by atoms with Crippen LogP contribution in [0.2, 0.25) is 0 Å². The van der Waals surface area contributed by atoms with E-state index in [-0.39, 0.29) is 6.04 Å². The molecule has 0 saturated carbocycles. The number of halogens is 1. The summed E-state index contributed by atoms with van der Waals surface area (Å²) in [6.45, 7) is 4.16. The van der Waals surface area contributed by atoms with E-state index in [4.69, 9.17) is 5.84 Å². The topological polar surface area (TPSA) is 50.9 Å². The summed E-state index contributed by atoms with van der Waals surface area (Å²) in [7, 11) is 0. The van der Waals surface area contributed by atoms with E-state index in [1.165, 1.54) is 11.1 Å². The van der Waals surface area contributed by atoms with Crippen LogP contribution in [0.1, 0.15) is 28.4 Å². The molecule has 0 aliphatic rings. The maximum Gasteiger partial charge on any atom is 0.0893 e. The number of nitrogens with one attached hydrogen (secondary N) is 1. The Labute approximate surface area is 116 Å². The lowest BCUT2D eigenvalue weighted by Gasteiger charge is -2.18. The average Bonchev–Trinajstić information content (AvgIpc) is 2.31. The molecule has 18 heavy (non-hydrogen) atoms. The summed E-state index contributed by atoms with van der Waals surface area (Å²) in [6.07, 6.45) is 1.77. The minimum atomic E-state index is -0.112. The lowest BCUT2D eigenvalue weighted by atomic mass is 9.99. The second-order valence-electron chi connectivity index (χ2n) is 4.39. The van der Waals surface area contributed by atoms with Gasteiger partial charge in [0.05, 0.1) is 11.7 Å². The molecule has 1 unspecified atom stereocenters. The number of rotatable bonds is 3. The van der Waals surface area contributed by atoms with Gasteiger partial charge in [-0.05, 0) is 47.5 Å². The lowest BCUT2D eigenvalue weighted by molar-refractivity contribution is 0.617. The molecule has 0 spiro atoms. The van der Waals surface area contributed by atoms with Crippen LogP contribution in [-0.2, 0) is 0 Å². The first-order chi connectivity index (χ1) is 8.61. The van der Waals surface area contributed by atoms with E-state index in [1.807, 2.05) is 12.1 Å². The molecule has 0 aliphatic heterocycles. The Morgan fingerprint density at radius 3 is 2.44 bits per heavy atom. The highest BCUT2D eigenvalue weighted by Crippen LogP contribution is 2.27. The molecule has 0 bridgehead atoms. The van der Waals surface area contributed by atoms with Crippen LogP contribution < -0.4 is 11.3 Å². The van der Waals surface area contributed by atoms with E-state index >= 15 is 0 Å². The van der Waals surface area contributed by atoms with Gasteiger partial charge in [-0.15, -0.1) is 0 Å². The van der Waals surface area contributed by atoms with Gasteiger partial charge in [0.1, 0.15) is 0 Å². The first-order valence-corrected chi connectivity index (χ1v) is 6.56. The largest absolute Gasteiger partial charge is 0.271 e. The zero-order valence-corrected chi connectivity index (χ0v) is 12.0. The zero-order valence-electron chi connectivity index (χ0n) is 10.4. The highest BCUT2D eigenvalue weighted by atomic mass is 79.9. The number of hydrogen-bond donors (Lipinski definition) is 2. The summed E-state index contributed by atoms with van der Waals surface area (Å²) in [5, 5.41) is 0. The van der Waals surface area contributed by atoms with E-state index in [9.17, 15) is 0 Å². The van der Waals surface area contributed by atoms with Crippen molar-refractivity contribution >= 4 is 15.9 Å². The van der Waals surface area contributed by atoms with E-state index in [0.717, 1.165) is 15.7 Å². The number of hydrazine groups is 1. The third-order valence-electron chi connectivity index (χ3n) is 2.80. The number of nitrogens with zero attached hydrogens (tertiary/aromatic N) is 1. The third-order valence-corrected chi connectivity index (χ3v) is 3.47. The standard InChI is InChI=1S/C14H16BrN3/c1-9-6-10(2)8-11(7-9)13(18-16)14-12(15)4-3-5-17-14/h3-8,13,18H,16H2,1-2H3. The van der Waals surface area contributed by atoms with Gasteiger partial charge < -0.3 is 0 Å². The molecule has 2 rings (SSSR count). The van der Waals surface area contributed by atoms with Crippen molar-refractivity contribution in [3.63, 3.8) is 0 Å². The number of hydrogen-bond acceptors (Lipinski definition) is 3. The third kappa shape index (κ3) is 2.77. The van der Waals surface area contributed by atoms with Gasteiger partial charge in [0.25, 0.3) is 0 Å².